The molecule has 1 aromatic carbocycles. The molecule has 23 heavy (non-hydrogen) atoms. The molecule has 126 valence electrons. The van der Waals surface area contributed by atoms with Crippen molar-refractivity contribution in [2.75, 3.05) is 6.61 Å². The van der Waals surface area contributed by atoms with Gasteiger partial charge in [0.1, 0.15) is 6.61 Å². The number of alkyl halides is 3. The highest BCUT2D eigenvalue weighted by Gasteiger charge is 2.49. The number of nitrogens with zero attached hydrogens (tertiary/aromatic N) is 1. The minimum absolute atomic E-state index is 0.404. The molecule has 0 spiro atoms. The second-order valence-electron chi connectivity index (χ2n) is 5.36. The zero-order chi connectivity index (χ0) is 16.8. The van der Waals surface area contributed by atoms with E-state index in [1.54, 1.807) is 0 Å². The second-order valence-corrected chi connectivity index (χ2v) is 9.36. The van der Waals surface area contributed by atoms with Gasteiger partial charge in [-0.3, -0.25) is 0 Å². The highest BCUT2D eigenvalue weighted by Crippen LogP contribution is 2.38. The third kappa shape index (κ3) is 3.39. The Labute approximate surface area is 148 Å². The number of hydrogen-bond donors (Lipinski definition) is 1. The molecular formula is C13H13Cl3N2O4S. The quantitative estimate of drug-likeness (QED) is 0.793. The van der Waals surface area contributed by atoms with E-state index in [0.717, 1.165) is 11.1 Å². The maximum Gasteiger partial charge on any atom is 0.366 e. The van der Waals surface area contributed by atoms with E-state index in [-0.39, 0.29) is 0 Å². The number of nitrogens with one attached hydrogen (secondary N) is 1. The standard InChI is InChI=1S/C13H13Cl3N2O4S/c14-13(15,16)7-22-23(20,21)18-10-6-5-8-3-1-2-4-9(8)11(10)17-12(18)19/h1-4,10-11H,5-7H2,(H,17,19)/t10-,11+/m0/s1. The Kier molecular flexibility index (Phi) is 4.44. The van der Waals surface area contributed by atoms with Gasteiger partial charge in [-0.15, -0.1) is 0 Å². The molecule has 0 radical (unpaired) electrons. The van der Waals surface area contributed by atoms with Crippen molar-refractivity contribution >= 4 is 51.1 Å². The molecule has 6 nitrogen and oxygen atoms in total. The number of urea groups is 1. The van der Waals surface area contributed by atoms with Crippen molar-refractivity contribution in [3.05, 3.63) is 35.4 Å². The Morgan fingerprint density at radius 3 is 2.70 bits per heavy atom. The summed E-state index contributed by atoms with van der Waals surface area (Å²) in [6.45, 7) is -0.669. The van der Waals surface area contributed by atoms with Gasteiger partial charge in [0.05, 0.1) is 12.1 Å². The molecule has 2 atom stereocenters. The highest BCUT2D eigenvalue weighted by molar-refractivity contribution is 7.85. The smallest absolute Gasteiger partial charge is 0.328 e. The van der Waals surface area contributed by atoms with Crippen LogP contribution in [0.1, 0.15) is 23.6 Å². The topological polar surface area (TPSA) is 75.7 Å². The molecule has 1 aromatic rings. The highest BCUT2D eigenvalue weighted by atomic mass is 35.6. The lowest BCUT2D eigenvalue weighted by Crippen LogP contribution is -2.42. The maximum atomic E-state index is 12.3. The lowest BCUT2D eigenvalue weighted by atomic mass is 9.85. The van der Waals surface area contributed by atoms with Crippen LogP contribution in [-0.4, -0.2) is 35.2 Å². The Bertz CT molecular complexity index is 735. The van der Waals surface area contributed by atoms with Gasteiger partial charge in [-0.05, 0) is 24.0 Å². The normalized spacial score (nSPS) is 24.1. The molecule has 0 bridgehead atoms. The van der Waals surface area contributed by atoms with Crippen LogP contribution in [0.25, 0.3) is 0 Å². The summed E-state index contributed by atoms with van der Waals surface area (Å²) in [5, 5.41) is 2.69. The van der Waals surface area contributed by atoms with Crippen molar-refractivity contribution in [3.63, 3.8) is 0 Å². The molecule has 10 heteroatoms. The van der Waals surface area contributed by atoms with E-state index < -0.39 is 38.8 Å². The van der Waals surface area contributed by atoms with E-state index in [9.17, 15) is 13.2 Å². The number of carbonyl (C=O) groups excluding carboxylic acids is 1. The van der Waals surface area contributed by atoms with E-state index in [0.29, 0.717) is 17.1 Å². The first-order chi connectivity index (χ1) is 10.7. The largest absolute Gasteiger partial charge is 0.366 e. The van der Waals surface area contributed by atoms with Crippen LogP contribution in [0.2, 0.25) is 0 Å². The summed E-state index contributed by atoms with van der Waals surface area (Å²) in [6, 6.07) is 5.91. The number of aryl methyl sites for hydroxylation is 1. The molecule has 1 aliphatic carbocycles. The van der Waals surface area contributed by atoms with Gasteiger partial charge >= 0.3 is 16.3 Å². The van der Waals surface area contributed by atoms with Gasteiger partial charge in [0.2, 0.25) is 3.79 Å². The summed E-state index contributed by atoms with van der Waals surface area (Å²) >= 11 is 16.5. The number of carbonyl (C=O) groups is 1. The predicted octanol–water partition coefficient (Wildman–Crippen LogP) is 2.70. The van der Waals surface area contributed by atoms with Crippen LogP contribution in [0.15, 0.2) is 24.3 Å². The van der Waals surface area contributed by atoms with Crippen LogP contribution in [0, 0.1) is 0 Å². The Morgan fingerprint density at radius 1 is 1.30 bits per heavy atom. The molecule has 1 aliphatic heterocycles. The van der Waals surface area contributed by atoms with Crippen molar-refractivity contribution in [2.24, 2.45) is 0 Å². The first-order valence-electron chi connectivity index (χ1n) is 6.83. The van der Waals surface area contributed by atoms with Crippen LogP contribution in [0.5, 0.6) is 0 Å². The first-order valence-corrected chi connectivity index (χ1v) is 9.33. The van der Waals surface area contributed by atoms with E-state index in [2.05, 4.69) is 5.32 Å². The van der Waals surface area contributed by atoms with Crippen LogP contribution >= 0.6 is 34.8 Å². The fourth-order valence-corrected chi connectivity index (χ4v) is 4.59. The van der Waals surface area contributed by atoms with Gasteiger partial charge in [0, 0.05) is 0 Å². The zero-order valence-electron chi connectivity index (χ0n) is 11.7. The van der Waals surface area contributed by atoms with E-state index >= 15 is 0 Å². The fourth-order valence-electron chi connectivity index (χ4n) is 2.98. The number of halogens is 3. The van der Waals surface area contributed by atoms with Crippen molar-refractivity contribution in [2.45, 2.75) is 28.7 Å². The monoisotopic (exact) mass is 398 g/mol. The Balaban J connectivity index is 1.87. The Morgan fingerprint density at radius 2 is 2.00 bits per heavy atom. The lowest BCUT2D eigenvalue weighted by molar-refractivity contribution is 0.216. The molecule has 1 N–H and O–H groups in total. The summed E-state index contributed by atoms with van der Waals surface area (Å²) in [5.74, 6) is 0. The van der Waals surface area contributed by atoms with Gasteiger partial charge in [0.15, 0.2) is 0 Å². The summed E-state index contributed by atoms with van der Waals surface area (Å²) in [4.78, 5) is 12.2. The number of amides is 2. The van der Waals surface area contributed by atoms with E-state index in [1.165, 1.54) is 0 Å². The Hall–Kier alpha value is -0.730. The van der Waals surface area contributed by atoms with Crippen LogP contribution in [-0.2, 0) is 20.9 Å². The SMILES string of the molecule is O=C1N[C@@H]2c3ccccc3CC[C@@H]2N1S(=O)(=O)OCC(Cl)(Cl)Cl. The molecule has 0 aromatic heterocycles. The number of benzene rings is 1. The van der Waals surface area contributed by atoms with Crippen LogP contribution < -0.4 is 5.32 Å². The molecule has 1 heterocycles. The fraction of sp³-hybridized carbons (Fsp3) is 0.462. The zero-order valence-corrected chi connectivity index (χ0v) is 14.8. The summed E-state index contributed by atoms with van der Waals surface area (Å²) in [6.07, 6.45) is 1.17. The number of hydrogen-bond acceptors (Lipinski definition) is 4. The molecular weight excluding hydrogens is 387 g/mol. The average molecular weight is 400 g/mol. The van der Waals surface area contributed by atoms with Crippen molar-refractivity contribution < 1.29 is 17.4 Å². The maximum absolute atomic E-state index is 12.3. The van der Waals surface area contributed by atoms with Gasteiger partial charge < -0.3 is 5.32 Å². The minimum Gasteiger partial charge on any atom is -0.328 e. The summed E-state index contributed by atoms with van der Waals surface area (Å²) in [5.41, 5.74) is 2.01. The molecule has 2 aliphatic rings. The predicted molar refractivity (Wildman–Crippen MR) is 86.8 cm³/mol. The third-order valence-electron chi connectivity index (χ3n) is 3.88. The minimum atomic E-state index is -4.35. The second kappa shape index (κ2) is 5.97. The molecule has 0 saturated carbocycles. The van der Waals surface area contributed by atoms with Crippen LogP contribution in [0.3, 0.4) is 0 Å². The average Bonchev–Trinajstić information content (AvgIpc) is 2.82. The molecule has 2 amide bonds. The van der Waals surface area contributed by atoms with E-state index in [1.807, 2.05) is 24.3 Å². The molecule has 3 rings (SSSR count). The van der Waals surface area contributed by atoms with E-state index in [4.69, 9.17) is 39.0 Å². The lowest BCUT2D eigenvalue weighted by Gasteiger charge is -2.30. The number of rotatable bonds is 3. The van der Waals surface area contributed by atoms with Crippen molar-refractivity contribution in [3.8, 4) is 0 Å². The molecule has 1 saturated heterocycles. The first kappa shape index (κ1) is 17.1. The van der Waals surface area contributed by atoms with Gasteiger partial charge in [-0.1, -0.05) is 59.1 Å². The molecule has 1 fully saturated rings. The van der Waals surface area contributed by atoms with Gasteiger partial charge in [-0.2, -0.15) is 12.7 Å². The van der Waals surface area contributed by atoms with Gasteiger partial charge in [-0.25, -0.2) is 8.98 Å². The van der Waals surface area contributed by atoms with Crippen molar-refractivity contribution in [1.29, 1.82) is 0 Å². The van der Waals surface area contributed by atoms with Crippen LogP contribution in [0.4, 0.5) is 4.79 Å². The summed E-state index contributed by atoms with van der Waals surface area (Å²) < 4.78 is 28.2. The van der Waals surface area contributed by atoms with Gasteiger partial charge in [0.25, 0.3) is 0 Å². The summed E-state index contributed by atoms with van der Waals surface area (Å²) in [7, 11) is -4.35. The molecule has 0 unspecified atom stereocenters. The third-order valence-corrected chi connectivity index (χ3v) is 5.54. The number of fused-ring (bicyclic) bond motifs is 3. The van der Waals surface area contributed by atoms with Crippen molar-refractivity contribution in [1.82, 2.24) is 9.62 Å².